The van der Waals surface area contributed by atoms with Crippen LogP contribution < -0.4 is 25.3 Å². The molecule has 0 aromatic heterocycles. The summed E-state index contributed by atoms with van der Waals surface area (Å²) in [5.74, 6) is 1.59. The average molecular weight is 319 g/mol. The summed E-state index contributed by atoms with van der Waals surface area (Å²) in [6.45, 7) is 2.12. The van der Waals surface area contributed by atoms with Crippen molar-refractivity contribution in [2.24, 2.45) is 5.73 Å². The topological polar surface area (TPSA) is 82.8 Å². The number of amides is 1. The van der Waals surface area contributed by atoms with Crippen LogP contribution in [-0.4, -0.2) is 39.8 Å². The molecule has 0 saturated heterocycles. The standard InChI is InChI=1S/C14H22N2O4.ClH/c1-9(15)14(17)16-8-7-10-5-6-11(18-2)13(20-4)12(10)19-3;/h5-6,9H,7-8,15H2,1-4H3,(H,16,17);1H/t9-;/m1./s1. The molecule has 0 aliphatic rings. The Balaban J connectivity index is 0.00000400. The van der Waals surface area contributed by atoms with Gasteiger partial charge in [0.25, 0.3) is 0 Å². The molecule has 0 aliphatic heterocycles. The molecule has 0 heterocycles. The quantitative estimate of drug-likeness (QED) is 0.788. The largest absolute Gasteiger partial charge is 0.493 e. The number of carbonyl (C=O) groups is 1. The molecule has 7 heteroatoms. The molecular weight excluding hydrogens is 296 g/mol. The number of nitrogens with two attached hydrogens (primary N) is 1. The molecule has 0 bridgehead atoms. The second-order valence-electron chi connectivity index (χ2n) is 4.32. The number of methoxy groups -OCH3 is 3. The fraction of sp³-hybridized carbons (Fsp3) is 0.500. The van der Waals surface area contributed by atoms with Crippen molar-refractivity contribution in [3.05, 3.63) is 17.7 Å². The van der Waals surface area contributed by atoms with Gasteiger partial charge in [0.2, 0.25) is 11.7 Å². The van der Waals surface area contributed by atoms with Gasteiger partial charge in [-0.2, -0.15) is 0 Å². The molecule has 120 valence electrons. The number of hydrogen-bond donors (Lipinski definition) is 2. The summed E-state index contributed by atoms with van der Waals surface area (Å²) in [5, 5.41) is 2.76. The van der Waals surface area contributed by atoms with Gasteiger partial charge in [0.05, 0.1) is 27.4 Å². The van der Waals surface area contributed by atoms with Crippen LogP contribution in [0.1, 0.15) is 12.5 Å². The third-order valence-electron chi connectivity index (χ3n) is 2.89. The van der Waals surface area contributed by atoms with Gasteiger partial charge >= 0.3 is 0 Å². The first kappa shape index (κ1) is 19.3. The van der Waals surface area contributed by atoms with E-state index in [-0.39, 0.29) is 18.3 Å². The van der Waals surface area contributed by atoms with Crippen LogP contribution in [-0.2, 0) is 11.2 Å². The molecule has 1 amide bonds. The lowest BCUT2D eigenvalue weighted by Gasteiger charge is -2.16. The molecule has 1 rings (SSSR count). The molecule has 0 spiro atoms. The van der Waals surface area contributed by atoms with Crippen LogP contribution in [0.3, 0.4) is 0 Å². The summed E-state index contributed by atoms with van der Waals surface area (Å²) in [4.78, 5) is 11.4. The maximum Gasteiger partial charge on any atom is 0.236 e. The van der Waals surface area contributed by atoms with E-state index in [1.165, 1.54) is 0 Å². The first-order valence-electron chi connectivity index (χ1n) is 6.36. The summed E-state index contributed by atoms with van der Waals surface area (Å²) in [7, 11) is 4.70. The third kappa shape index (κ3) is 4.99. The number of nitrogens with one attached hydrogen (secondary N) is 1. The first-order chi connectivity index (χ1) is 9.54. The highest BCUT2D eigenvalue weighted by Gasteiger charge is 2.15. The number of ether oxygens (including phenoxy) is 3. The van der Waals surface area contributed by atoms with Gasteiger partial charge in [-0.05, 0) is 19.4 Å². The molecule has 1 aromatic rings. The zero-order valence-corrected chi connectivity index (χ0v) is 13.6. The highest BCUT2D eigenvalue weighted by molar-refractivity contribution is 5.85. The van der Waals surface area contributed by atoms with Gasteiger partial charge in [0.15, 0.2) is 11.5 Å². The molecule has 0 fully saturated rings. The van der Waals surface area contributed by atoms with Crippen molar-refractivity contribution in [3.63, 3.8) is 0 Å². The summed E-state index contributed by atoms with van der Waals surface area (Å²) in [6, 6.07) is 3.18. The van der Waals surface area contributed by atoms with Crippen LogP contribution in [0.15, 0.2) is 12.1 Å². The number of hydrogen-bond acceptors (Lipinski definition) is 5. The van der Waals surface area contributed by atoms with Gasteiger partial charge in [0, 0.05) is 12.1 Å². The molecular formula is C14H23ClN2O4. The Morgan fingerprint density at radius 1 is 1.19 bits per heavy atom. The van der Waals surface area contributed by atoms with E-state index < -0.39 is 6.04 Å². The average Bonchev–Trinajstić information content (AvgIpc) is 2.45. The third-order valence-corrected chi connectivity index (χ3v) is 2.89. The van der Waals surface area contributed by atoms with E-state index in [0.29, 0.717) is 30.2 Å². The van der Waals surface area contributed by atoms with Gasteiger partial charge in [-0.3, -0.25) is 4.79 Å². The maximum atomic E-state index is 11.4. The lowest BCUT2D eigenvalue weighted by atomic mass is 10.1. The fourth-order valence-corrected chi connectivity index (χ4v) is 1.84. The Morgan fingerprint density at radius 3 is 2.29 bits per heavy atom. The first-order valence-corrected chi connectivity index (χ1v) is 6.36. The molecule has 6 nitrogen and oxygen atoms in total. The van der Waals surface area contributed by atoms with Crippen LogP contribution in [0.5, 0.6) is 17.2 Å². The smallest absolute Gasteiger partial charge is 0.236 e. The highest BCUT2D eigenvalue weighted by Crippen LogP contribution is 2.39. The zero-order chi connectivity index (χ0) is 15.1. The van der Waals surface area contributed by atoms with Crippen molar-refractivity contribution < 1.29 is 19.0 Å². The number of rotatable bonds is 7. The van der Waals surface area contributed by atoms with Crippen LogP contribution in [0.25, 0.3) is 0 Å². The van der Waals surface area contributed by atoms with E-state index in [4.69, 9.17) is 19.9 Å². The van der Waals surface area contributed by atoms with E-state index in [9.17, 15) is 4.79 Å². The van der Waals surface area contributed by atoms with Crippen molar-refractivity contribution in [2.45, 2.75) is 19.4 Å². The Morgan fingerprint density at radius 2 is 1.81 bits per heavy atom. The van der Waals surface area contributed by atoms with Gasteiger partial charge < -0.3 is 25.3 Å². The number of carbonyl (C=O) groups excluding carboxylic acids is 1. The van der Waals surface area contributed by atoms with Crippen LogP contribution in [0.2, 0.25) is 0 Å². The van der Waals surface area contributed by atoms with E-state index in [1.807, 2.05) is 12.1 Å². The second kappa shape index (κ2) is 9.31. The minimum absolute atomic E-state index is 0. The Kier molecular flexibility index (Phi) is 8.57. The Hall–Kier alpha value is -1.66. The Bertz CT molecular complexity index is 467. The van der Waals surface area contributed by atoms with E-state index in [0.717, 1.165) is 5.56 Å². The minimum atomic E-state index is -0.512. The molecule has 0 aliphatic carbocycles. The SMILES string of the molecule is COc1ccc(CCNC(=O)[C@@H](C)N)c(OC)c1OC.Cl. The predicted molar refractivity (Wildman–Crippen MR) is 83.7 cm³/mol. The van der Waals surface area contributed by atoms with Crippen molar-refractivity contribution in [1.29, 1.82) is 0 Å². The molecule has 0 saturated carbocycles. The van der Waals surface area contributed by atoms with Crippen molar-refractivity contribution in [2.75, 3.05) is 27.9 Å². The second-order valence-corrected chi connectivity index (χ2v) is 4.32. The zero-order valence-electron chi connectivity index (χ0n) is 12.8. The highest BCUT2D eigenvalue weighted by atomic mass is 35.5. The number of benzene rings is 1. The van der Waals surface area contributed by atoms with Crippen molar-refractivity contribution in [3.8, 4) is 17.2 Å². The molecule has 3 N–H and O–H groups in total. The molecule has 0 radical (unpaired) electrons. The van der Waals surface area contributed by atoms with Crippen LogP contribution in [0, 0.1) is 0 Å². The Labute approximate surface area is 131 Å². The monoisotopic (exact) mass is 318 g/mol. The molecule has 1 aromatic carbocycles. The summed E-state index contributed by atoms with van der Waals surface area (Å²) < 4.78 is 15.9. The van der Waals surface area contributed by atoms with Crippen LogP contribution >= 0.6 is 12.4 Å². The van der Waals surface area contributed by atoms with Gasteiger partial charge in [-0.25, -0.2) is 0 Å². The summed E-state index contributed by atoms with van der Waals surface area (Å²) in [6.07, 6.45) is 0.613. The normalized spacial score (nSPS) is 11.1. The molecule has 21 heavy (non-hydrogen) atoms. The molecule has 0 unspecified atom stereocenters. The predicted octanol–water partition coefficient (Wildman–Crippen LogP) is 1.14. The van der Waals surface area contributed by atoms with Crippen LogP contribution in [0.4, 0.5) is 0 Å². The minimum Gasteiger partial charge on any atom is -0.493 e. The fourth-order valence-electron chi connectivity index (χ4n) is 1.84. The van der Waals surface area contributed by atoms with E-state index in [1.54, 1.807) is 28.3 Å². The number of halogens is 1. The van der Waals surface area contributed by atoms with Gasteiger partial charge in [-0.1, -0.05) is 6.07 Å². The summed E-state index contributed by atoms with van der Waals surface area (Å²) in [5.41, 5.74) is 6.41. The van der Waals surface area contributed by atoms with Gasteiger partial charge in [0.1, 0.15) is 0 Å². The summed E-state index contributed by atoms with van der Waals surface area (Å²) >= 11 is 0. The van der Waals surface area contributed by atoms with Crippen molar-refractivity contribution in [1.82, 2.24) is 5.32 Å². The lowest BCUT2D eigenvalue weighted by Crippen LogP contribution is -2.39. The lowest BCUT2D eigenvalue weighted by molar-refractivity contribution is -0.121. The van der Waals surface area contributed by atoms with Gasteiger partial charge in [-0.15, -0.1) is 12.4 Å². The van der Waals surface area contributed by atoms with E-state index >= 15 is 0 Å². The molecule has 1 atom stereocenters. The van der Waals surface area contributed by atoms with E-state index in [2.05, 4.69) is 5.32 Å². The maximum absolute atomic E-state index is 11.4. The van der Waals surface area contributed by atoms with Crippen molar-refractivity contribution >= 4 is 18.3 Å².